The molecule has 8 heteroatoms. The van der Waals surface area contributed by atoms with Gasteiger partial charge in [-0.2, -0.15) is 0 Å². The van der Waals surface area contributed by atoms with Gasteiger partial charge in [-0.25, -0.2) is 4.68 Å². The van der Waals surface area contributed by atoms with Crippen molar-refractivity contribution >= 4 is 11.9 Å². The topological polar surface area (TPSA) is 91.2 Å². The molecule has 1 spiro atoms. The predicted molar refractivity (Wildman–Crippen MR) is 80.8 cm³/mol. The highest BCUT2D eigenvalue weighted by Gasteiger charge is 2.38. The summed E-state index contributed by atoms with van der Waals surface area (Å²) in [6.45, 7) is 2.41. The fraction of sp³-hybridized carbons (Fsp3) is 0.867. The molecule has 0 aromatic carbocycles. The summed E-state index contributed by atoms with van der Waals surface area (Å²) < 4.78 is 13.1. The van der Waals surface area contributed by atoms with E-state index in [1.807, 2.05) is 0 Å². The molecule has 3 aliphatic rings. The van der Waals surface area contributed by atoms with E-state index in [0.29, 0.717) is 18.4 Å². The monoisotopic (exact) mass is 321 g/mol. The summed E-state index contributed by atoms with van der Waals surface area (Å²) in [6.07, 6.45) is 6.70. The van der Waals surface area contributed by atoms with Gasteiger partial charge in [0.1, 0.15) is 0 Å². The minimum Gasteiger partial charge on any atom is -0.381 e. The number of hydrogen-bond acceptors (Lipinski definition) is 6. The van der Waals surface area contributed by atoms with E-state index in [1.54, 1.807) is 4.68 Å². The quantitative estimate of drug-likeness (QED) is 0.899. The average Bonchev–Trinajstić information content (AvgIpc) is 3.31. The standard InChI is InChI=1S/C15H23N5O3/c21-13(16-14-17-18-19-20(14)11-1-2-11)9-12-3-4-15(10-23-12)5-7-22-8-6-15/h11-12H,1-10H2,(H,16,17,19,21). The zero-order chi connectivity index (χ0) is 15.7. The van der Waals surface area contributed by atoms with Crippen LogP contribution in [0.2, 0.25) is 0 Å². The van der Waals surface area contributed by atoms with Crippen LogP contribution in [0.1, 0.15) is 51.0 Å². The van der Waals surface area contributed by atoms with Gasteiger partial charge in [-0.3, -0.25) is 10.1 Å². The molecule has 1 atom stereocenters. The highest BCUT2D eigenvalue weighted by molar-refractivity contribution is 5.89. The van der Waals surface area contributed by atoms with Gasteiger partial charge in [-0.05, 0) is 54.4 Å². The lowest BCUT2D eigenvalue weighted by molar-refractivity contribution is -0.128. The van der Waals surface area contributed by atoms with Gasteiger partial charge in [-0.1, -0.05) is 5.10 Å². The van der Waals surface area contributed by atoms with Crippen molar-refractivity contribution in [2.24, 2.45) is 5.41 Å². The number of tetrazole rings is 1. The van der Waals surface area contributed by atoms with Crippen molar-refractivity contribution < 1.29 is 14.3 Å². The number of nitrogens with zero attached hydrogens (tertiary/aromatic N) is 4. The number of nitrogens with one attached hydrogen (secondary N) is 1. The van der Waals surface area contributed by atoms with E-state index in [-0.39, 0.29) is 17.4 Å². The first-order chi connectivity index (χ1) is 11.2. The minimum absolute atomic E-state index is 0.00581. The van der Waals surface area contributed by atoms with Crippen LogP contribution < -0.4 is 5.32 Å². The molecule has 3 fully saturated rings. The van der Waals surface area contributed by atoms with Gasteiger partial charge in [-0.15, -0.1) is 0 Å². The summed E-state index contributed by atoms with van der Waals surface area (Å²) in [5.41, 5.74) is 0.279. The van der Waals surface area contributed by atoms with Gasteiger partial charge in [0.25, 0.3) is 0 Å². The Morgan fingerprint density at radius 1 is 1.26 bits per heavy atom. The third-order valence-corrected chi connectivity index (χ3v) is 5.23. The first-order valence-corrected chi connectivity index (χ1v) is 8.51. The number of ether oxygens (including phenoxy) is 2. The second kappa shape index (κ2) is 6.16. The van der Waals surface area contributed by atoms with Gasteiger partial charge in [0.05, 0.1) is 25.2 Å². The summed E-state index contributed by atoms with van der Waals surface area (Å²) in [4.78, 5) is 12.2. The van der Waals surface area contributed by atoms with E-state index in [9.17, 15) is 4.79 Å². The molecule has 8 nitrogen and oxygen atoms in total. The summed E-state index contributed by atoms with van der Waals surface area (Å²) in [6, 6.07) is 0.347. The maximum Gasteiger partial charge on any atom is 0.249 e. The van der Waals surface area contributed by atoms with Crippen LogP contribution in [0.3, 0.4) is 0 Å². The summed E-state index contributed by atoms with van der Waals surface area (Å²) in [5, 5.41) is 14.3. The summed E-state index contributed by atoms with van der Waals surface area (Å²) >= 11 is 0. The summed E-state index contributed by atoms with van der Waals surface area (Å²) in [5.74, 6) is 0.379. The number of amides is 1. The number of hydrogen-bond donors (Lipinski definition) is 1. The van der Waals surface area contributed by atoms with E-state index in [4.69, 9.17) is 9.47 Å². The van der Waals surface area contributed by atoms with Crippen LogP contribution in [0.5, 0.6) is 0 Å². The van der Waals surface area contributed by atoms with Gasteiger partial charge < -0.3 is 9.47 Å². The zero-order valence-electron chi connectivity index (χ0n) is 13.2. The third kappa shape index (κ3) is 3.37. The maximum absolute atomic E-state index is 12.2. The highest BCUT2D eigenvalue weighted by Crippen LogP contribution is 2.40. The van der Waals surface area contributed by atoms with Crippen molar-refractivity contribution in [1.82, 2.24) is 20.2 Å². The van der Waals surface area contributed by atoms with Crippen LogP contribution in [0.15, 0.2) is 0 Å². The minimum atomic E-state index is -0.0744. The Balaban J connectivity index is 1.27. The molecular weight excluding hydrogens is 298 g/mol. The molecule has 23 heavy (non-hydrogen) atoms. The maximum atomic E-state index is 12.2. The van der Waals surface area contributed by atoms with Crippen LogP contribution in [-0.4, -0.2) is 52.0 Å². The molecule has 1 unspecified atom stereocenters. The van der Waals surface area contributed by atoms with E-state index in [2.05, 4.69) is 20.8 Å². The molecule has 1 aromatic rings. The Morgan fingerprint density at radius 2 is 2.09 bits per heavy atom. The average molecular weight is 321 g/mol. The van der Waals surface area contributed by atoms with Gasteiger partial charge >= 0.3 is 0 Å². The normalized spacial score (nSPS) is 27.0. The molecular formula is C15H23N5O3. The second-order valence-electron chi connectivity index (χ2n) is 7.01. The molecule has 126 valence electrons. The Labute approximate surface area is 134 Å². The SMILES string of the molecule is O=C(CC1CCC2(CCOCC2)CO1)Nc1nnnn1C1CC1. The lowest BCUT2D eigenvalue weighted by Gasteiger charge is -2.42. The molecule has 1 amide bonds. The first-order valence-electron chi connectivity index (χ1n) is 8.51. The lowest BCUT2D eigenvalue weighted by Crippen LogP contribution is -2.41. The molecule has 3 heterocycles. The highest BCUT2D eigenvalue weighted by atomic mass is 16.5. The van der Waals surface area contributed by atoms with Crippen LogP contribution >= 0.6 is 0 Å². The van der Waals surface area contributed by atoms with Crippen molar-refractivity contribution in [3.8, 4) is 0 Å². The zero-order valence-corrected chi connectivity index (χ0v) is 13.2. The fourth-order valence-corrected chi connectivity index (χ4v) is 3.50. The smallest absolute Gasteiger partial charge is 0.249 e. The van der Waals surface area contributed by atoms with E-state index in [0.717, 1.165) is 58.3 Å². The molecule has 1 N–H and O–H groups in total. The largest absolute Gasteiger partial charge is 0.381 e. The molecule has 1 aromatic heterocycles. The van der Waals surface area contributed by atoms with Gasteiger partial charge in [0.2, 0.25) is 11.9 Å². The number of carbonyl (C=O) groups excluding carboxylic acids is 1. The number of carbonyl (C=O) groups is 1. The molecule has 2 saturated heterocycles. The third-order valence-electron chi connectivity index (χ3n) is 5.23. The molecule has 1 aliphatic carbocycles. The molecule has 1 saturated carbocycles. The molecule has 2 aliphatic heterocycles. The van der Waals surface area contributed by atoms with Crippen molar-refractivity contribution in [2.75, 3.05) is 25.1 Å². The molecule has 0 radical (unpaired) electrons. The lowest BCUT2D eigenvalue weighted by atomic mass is 9.75. The van der Waals surface area contributed by atoms with Crippen molar-refractivity contribution in [3.05, 3.63) is 0 Å². The van der Waals surface area contributed by atoms with E-state index < -0.39 is 0 Å². The Hall–Kier alpha value is -1.54. The Bertz CT molecular complexity index is 555. The van der Waals surface area contributed by atoms with Gasteiger partial charge in [0.15, 0.2) is 0 Å². The summed E-state index contributed by atoms with van der Waals surface area (Å²) in [7, 11) is 0. The van der Waals surface area contributed by atoms with Crippen molar-refractivity contribution in [2.45, 2.75) is 57.1 Å². The van der Waals surface area contributed by atoms with E-state index in [1.165, 1.54) is 0 Å². The van der Waals surface area contributed by atoms with E-state index >= 15 is 0 Å². The van der Waals surface area contributed by atoms with Crippen molar-refractivity contribution in [3.63, 3.8) is 0 Å². The van der Waals surface area contributed by atoms with Crippen LogP contribution in [0.4, 0.5) is 5.95 Å². The fourth-order valence-electron chi connectivity index (χ4n) is 3.50. The number of rotatable bonds is 4. The Morgan fingerprint density at radius 3 is 2.78 bits per heavy atom. The molecule has 4 rings (SSSR count). The first kappa shape index (κ1) is 15.0. The van der Waals surface area contributed by atoms with Crippen LogP contribution in [-0.2, 0) is 14.3 Å². The number of anilines is 1. The van der Waals surface area contributed by atoms with Gasteiger partial charge in [0, 0.05) is 13.2 Å². The predicted octanol–water partition coefficient (Wildman–Crippen LogP) is 1.31. The molecule has 0 bridgehead atoms. The number of aromatic nitrogens is 4. The second-order valence-corrected chi connectivity index (χ2v) is 7.01. The van der Waals surface area contributed by atoms with Crippen molar-refractivity contribution in [1.29, 1.82) is 0 Å². The Kier molecular flexibility index (Phi) is 4.02. The van der Waals surface area contributed by atoms with Crippen LogP contribution in [0, 0.1) is 5.41 Å². The van der Waals surface area contributed by atoms with Crippen LogP contribution in [0.25, 0.3) is 0 Å².